The van der Waals surface area contributed by atoms with Crippen molar-refractivity contribution in [3.05, 3.63) is 48.7 Å². The summed E-state index contributed by atoms with van der Waals surface area (Å²) in [7, 11) is 4.67. The zero-order valence-electron chi connectivity index (χ0n) is 17.5. The first kappa shape index (κ1) is 20.1. The van der Waals surface area contributed by atoms with Gasteiger partial charge in [0.05, 0.1) is 27.0 Å². The Balaban J connectivity index is 1.79. The second-order valence-electron chi connectivity index (χ2n) is 6.65. The number of anilines is 1. The van der Waals surface area contributed by atoms with Gasteiger partial charge in [0, 0.05) is 29.9 Å². The summed E-state index contributed by atoms with van der Waals surface area (Å²) in [4.78, 5) is 20.1. The lowest BCUT2D eigenvalue weighted by Crippen LogP contribution is -2.05. The van der Waals surface area contributed by atoms with Crippen LogP contribution in [0.15, 0.2) is 48.7 Å². The van der Waals surface area contributed by atoms with E-state index >= 15 is 0 Å². The van der Waals surface area contributed by atoms with Gasteiger partial charge in [-0.05, 0) is 30.3 Å². The molecule has 0 spiro atoms. The van der Waals surface area contributed by atoms with E-state index in [2.05, 4.69) is 20.4 Å². The standard InChI is InChI=1S/C22H21N5O4/c1-13(28)24-16-7-5-14(6-8-16)17-9-10-23-22-25-21(26-27(17)22)15-11-18(29-2)20(31-4)19(12-15)30-3/h5-12H,1-4H3,(H,24,28). The molecule has 0 saturated carbocycles. The Morgan fingerprint density at radius 3 is 2.19 bits per heavy atom. The topological polar surface area (TPSA) is 99.9 Å². The van der Waals surface area contributed by atoms with Gasteiger partial charge in [-0.1, -0.05) is 12.1 Å². The van der Waals surface area contributed by atoms with Gasteiger partial charge >= 0.3 is 0 Å². The van der Waals surface area contributed by atoms with Crippen LogP contribution in [0.2, 0.25) is 0 Å². The van der Waals surface area contributed by atoms with Crippen molar-refractivity contribution in [1.29, 1.82) is 0 Å². The quantitative estimate of drug-likeness (QED) is 0.511. The first-order valence-electron chi connectivity index (χ1n) is 9.44. The van der Waals surface area contributed by atoms with Gasteiger partial charge in [0.25, 0.3) is 5.78 Å². The van der Waals surface area contributed by atoms with Gasteiger partial charge in [-0.3, -0.25) is 4.79 Å². The Morgan fingerprint density at radius 1 is 0.935 bits per heavy atom. The molecule has 0 aliphatic carbocycles. The Labute approximate surface area is 178 Å². The van der Waals surface area contributed by atoms with Crippen LogP contribution >= 0.6 is 0 Å². The number of hydrogen-bond donors (Lipinski definition) is 1. The smallest absolute Gasteiger partial charge is 0.253 e. The molecule has 2 heterocycles. The summed E-state index contributed by atoms with van der Waals surface area (Å²) in [6, 6.07) is 12.9. The average Bonchev–Trinajstić information content (AvgIpc) is 3.22. The number of rotatable bonds is 6. The first-order valence-corrected chi connectivity index (χ1v) is 9.44. The Bertz CT molecular complexity index is 1230. The molecule has 0 atom stereocenters. The van der Waals surface area contributed by atoms with E-state index in [0.717, 1.165) is 16.9 Å². The number of benzene rings is 2. The lowest BCUT2D eigenvalue weighted by molar-refractivity contribution is -0.114. The van der Waals surface area contributed by atoms with Crippen LogP contribution in [0.3, 0.4) is 0 Å². The van der Waals surface area contributed by atoms with Crippen LogP contribution < -0.4 is 19.5 Å². The van der Waals surface area contributed by atoms with Crippen molar-refractivity contribution in [2.24, 2.45) is 0 Å². The zero-order valence-corrected chi connectivity index (χ0v) is 17.5. The first-order chi connectivity index (χ1) is 15.0. The number of nitrogens with one attached hydrogen (secondary N) is 1. The third-order valence-corrected chi connectivity index (χ3v) is 4.66. The molecule has 4 aromatic rings. The van der Waals surface area contributed by atoms with Crippen LogP contribution in [0.1, 0.15) is 6.92 Å². The third-order valence-electron chi connectivity index (χ3n) is 4.66. The Morgan fingerprint density at radius 2 is 1.61 bits per heavy atom. The van der Waals surface area contributed by atoms with Crippen LogP contribution in [-0.4, -0.2) is 46.8 Å². The summed E-state index contributed by atoms with van der Waals surface area (Å²) in [6.07, 6.45) is 1.68. The number of fused-ring (bicyclic) bond motifs is 1. The van der Waals surface area contributed by atoms with E-state index in [4.69, 9.17) is 14.2 Å². The van der Waals surface area contributed by atoms with Crippen LogP contribution in [0.4, 0.5) is 5.69 Å². The summed E-state index contributed by atoms with van der Waals surface area (Å²) in [5.41, 5.74) is 3.14. The Kier molecular flexibility index (Phi) is 5.40. The SMILES string of the molecule is COc1cc(-c2nc3nccc(-c4ccc(NC(C)=O)cc4)n3n2)cc(OC)c1OC. The minimum atomic E-state index is -0.120. The van der Waals surface area contributed by atoms with Gasteiger partial charge in [0.2, 0.25) is 11.7 Å². The highest BCUT2D eigenvalue weighted by Gasteiger charge is 2.18. The van der Waals surface area contributed by atoms with E-state index in [1.807, 2.05) is 30.3 Å². The van der Waals surface area contributed by atoms with Crippen molar-refractivity contribution >= 4 is 17.4 Å². The summed E-state index contributed by atoms with van der Waals surface area (Å²) < 4.78 is 17.9. The number of methoxy groups -OCH3 is 3. The number of carbonyl (C=O) groups excluding carboxylic acids is 1. The molecule has 4 rings (SSSR count). The second kappa shape index (κ2) is 8.31. The molecular weight excluding hydrogens is 398 g/mol. The monoisotopic (exact) mass is 419 g/mol. The predicted octanol–water partition coefficient (Wildman–Crippen LogP) is 3.44. The number of hydrogen-bond acceptors (Lipinski definition) is 7. The molecule has 9 nitrogen and oxygen atoms in total. The third kappa shape index (κ3) is 3.85. The maximum atomic E-state index is 11.2. The minimum Gasteiger partial charge on any atom is -0.493 e. The molecule has 0 radical (unpaired) electrons. The van der Waals surface area contributed by atoms with Crippen molar-refractivity contribution in [3.8, 4) is 39.9 Å². The summed E-state index contributed by atoms with van der Waals surface area (Å²) in [5, 5.41) is 7.41. The molecule has 9 heteroatoms. The fraction of sp³-hybridized carbons (Fsp3) is 0.182. The molecular formula is C22H21N5O4. The van der Waals surface area contributed by atoms with E-state index in [9.17, 15) is 4.79 Å². The van der Waals surface area contributed by atoms with Gasteiger partial charge in [-0.15, -0.1) is 5.10 Å². The molecule has 0 saturated heterocycles. The van der Waals surface area contributed by atoms with Gasteiger partial charge in [-0.25, -0.2) is 4.98 Å². The molecule has 1 N–H and O–H groups in total. The van der Waals surface area contributed by atoms with Crippen LogP contribution in [0.5, 0.6) is 17.2 Å². The normalized spacial score (nSPS) is 10.7. The fourth-order valence-corrected chi connectivity index (χ4v) is 3.27. The summed E-state index contributed by atoms with van der Waals surface area (Å²) in [6.45, 7) is 1.47. The predicted molar refractivity (Wildman–Crippen MR) is 116 cm³/mol. The molecule has 1 amide bonds. The van der Waals surface area contributed by atoms with Crippen LogP contribution in [0.25, 0.3) is 28.4 Å². The Hall–Kier alpha value is -4.14. The molecule has 31 heavy (non-hydrogen) atoms. The number of amides is 1. The van der Waals surface area contributed by atoms with Gasteiger partial charge in [0.15, 0.2) is 17.3 Å². The molecule has 0 fully saturated rings. The van der Waals surface area contributed by atoms with Crippen molar-refractivity contribution in [3.63, 3.8) is 0 Å². The molecule has 0 bridgehead atoms. The molecule has 2 aromatic carbocycles. The maximum absolute atomic E-state index is 11.2. The molecule has 2 aromatic heterocycles. The van der Waals surface area contributed by atoms with E-state index in [-0.39, 0.29) is 5.91 Å². The second-order valence-corrected chi connectivity index (χ2v) is 6.65. The lowest BCUT2D eigenvalue weighted by atomic mass is 10.1. The molecule has 0 unspecified atom stereocenters. The highest BCUT2D eigenvalue weighted by Crippen LogP contribution is 2.40. The molecule has 0 aliphatic heterocycles. The fourth-order valence-electron chi connectivity index (χ4n) is 3.27. The van der Waals surface area contributed by atoms with Crippen molar-refractivity contribution < 1.29 is 19.0 Å². The van der Waals surface area contributed by atoms with E-state index in [0.29, 0.717) is 34.4 Å². The van der Waals surface area contributed by atoms with Crippen molar-refractivity contribution in [1.82, 2.24) is 19.6 Å². The van der Waals surface area contributed by atoms with E-state index in [1.54, 1.807) is 44.2 Å². The van der Waals surface area contributed by atoms with Gasteiger partial charge in [0.1, 0.15) is 0 Å². The summed E-state index contributed by atoms with van der Waals surface area (Å²) >= 11 is 0. The van der Waals surface area contributed by atoms with E-state index in [1.165, 1.54) is 6.92 Å². The highest BCUT2D eigenvalue weighted by atomic mass is 16.5. The highest BCUT2D eigenvalue weighted by molar-refractivity contribution is 5.89. The number of aromatic nitrogens is 4. The number of nitrogens with zero attached hydrogens (tertiary/aromatic N) is 4. The zero-order chi connectivity index (χ0) is 22.0. The molecule has 0 aliphatic rings. The average molecular weight is 419 g/mol. The minimum absolute atomic E-state index is 0.120. The maximum Gasteiger partial charge on any atom is 0.253 e. The van der Waals surface area contributed by atoms with Crippen molar-refractivity contribution in [2.75, 3.05) is 26.6 Å². The van der Waals surface area contributed by atoms with Crippen LogP contribution in [0, 0.1) is 0 Å². The molecule has 158 valence electrons. The summed E-state index contributed by atoms with van der Waals surface area (Å²) in [5.74, 6) is 2.32. The van der Waals surface area contributed by atoms with Gasteiger partial charge in [-0.2, -0.15) is 9.50 Å². The van der Waals surface area contributed by atoms with E-state index < -0.39 is 0 Å². The number of ether oxygens (including phenoxy) is 3. The van der Waals surface area contributed by atoms with Gasteiger partial charge < -0.3 is 19.5 Å². The van der Waals surface area contributed by atoms with Crippen LogP contribution in [-0.2, 0) is 4.79 Å². The lowest BCUT2D eigenvalue weighted by Gasteiger charge is -2.12. The largest absolute Gasteiger partial charge is 0.493 e. The number of carbonyl (C=O) groups is 1. The van der Waals surface area contributed by atoms with Crippen molar-refractivity contribution in [2.45, 2.75) is 6.92 Å².